The lowest BCUT2D eigenvalue weighted by Crippen LogP contribution is -2.52. The van der Waals surface area contributed by atoms with Crippen LogP contribution in [0, 0.1) is 0 Å². The number of para-hydroxylation sites is 1. The molecule has 2 heterocycles. The van der Waals surface area contributed by atoms with Crippen molar-refractivity contribution in [3.05, 3.63) is 102 Å². The first-order valence-electron chi connectivity index (χ1n) is 8.93. The lowest BCUT2D eigenvalue weighted by molar-refractivity contribution is -0.0431. The summed E-state index contributed by atoms with van der Waals surface area (Å²) in [5, 5.41) is 4.38. The van der Waals surface area contributed by atoms with Crippen LogP contribution in [0.5, 0.6) is 5.75 Å². The third-order valence-electron chi connectivity index (χ3n) is 5.21. The van der Waals surface area contributed by atoms with Crippen LogP contribution < -0.4 is 4.74 Å². The van der Waals surface area contributed by atoms with Gasteiger partial charge in [0.25, 0.3) is 0 Å². The van der Waals surface area contributed by atoms with Crippen LogP contribution in [-0.2, 0) is 4.84 Å². The predicted octanol–water partition coefficient (Wildman–Crippen LogP) is 4.22. The molecule has 132 valence electrons. The Morgan fingerprint density at radius 2 is 1.52 bits per heavy atom. The number of oxime groups is 1. The summed E-state index contributed by atoms with van der Waals surface area (Å²) in [7, 11) is 0. The Morgan fingerprint density at radius 3 is 2.30 bits per heavy atom. The number of ketones is 1. The molecule has 0 aromatic heterocycles. The summed E-state index contributed by atoms with van der Waals surface area (Å²) in [6, 6.07) is 27.0. The summed E-state index contributed by atoms with van der Waals surface area (Å²) in [6.07, 6.45) is 0. The van der Waals surface area contributed by atoms with Crippen LogP contribution in [0.15, 0.2) is 90.1 Å². The molecule has 3 aromatic carbocycles. The fraction of sp³-hybridized carbons (Fsp3) is 0.130. The Balaban J connectivity index is 1.66. The van der Waals surface area contributed by atoms with Gasteiger partial charge in [-0.3, -0.25) is 4.79 Å². The Bertz CT molecular complexity index is 1030. The predicted molar refractivity (Wildman–Crippen MR) is 102 cm³/mol. The van der Waals surface area contributed by atoms with E-state index in [4.69, 9.17) is 9.57 Å². The molecule has 2 aliphatic rings. The maximum absolute atomic E-state index is 13.5. The SMILES string of the molecule is O=C1c2ccccc2OCC12ON=C(c1ccccc1)C2c1ccccc1. The molecular formula is C23H17NO3. The largest absolute Gasteiger partial charge is 0.488 e. The molecule has 0 amide bonds. The van der Waals surface area contributed by atoms with Gasteiger partial charge in [-0.2, -0.15) is 0 Å². The van der Waals surface area contributed by atoms with Crippen LogP contribution in [0.2, 0.25) is 0 Å². The highest BCUT2D eigenvalue weighted by atomic mass is 16.7. The molecule has 0 bridgehead atoms. The molecule has 1 spiro atoms. The highest BCUT2D eigenvalue weighted by Gasteiger charge is 2.58. The highest BCUT2D eigenvalue weighted by molar-refractivity contribution is 6.15. The van der Waals surface area contributed by atoms with E-state index in [1.54, 1.807) is 6.07 Å². The van der Waals surface area contributed by atoms with Gasteiger partial charge in [-0.1, -0.05) is 78.0 Å². The van der Waals surface area contributed by atoms with Gasteiger partial charge in [0.15, 0.2) is 0 Å². The van der Waals surface area contributed by atoms with Crippen LogP contribution in [0.4, 0.5) is 0 Å². The van der Waals surface area contributed by atoms with Crippen molar-refractivity contribution in [2.75, 3.05) is 6.61 Å². The van der Waals surface area contributed by atoms with Crippen molar-refractivity contribution in [3.8, 4) is 5.75 Å². The second-order valence-corrected chi connectivity index (χ2v) is 6.78. The molecule has 0 radical (unpaired) electrons. The number of carbonyl (C=O) groups excluding carboxylic acids is 1. The number of Topliss-reactive ketones (excluding diaryl/α,β-unsaturated/α-hetero) is 1. The molecule has 2 aliphatic heterocycles. The van der Waals surface area contributed by atoms with E-state index in [1.165, 1.54) is 0 Å². The summed E-state index contributed by atoms with van der Waals surface area (Å²) in [5.74, 6) is 0.159. The van der Waals surface area contributed by atoms with Crippen molar-refractivity contribution in [1.29, 1.82) is 0 Å². The zero-order valence-corrected chi connectivity index (χ0v) is 14.5. The van der Waals surface area contributed by atoms with Crippen molar-refractivity contribution in [2.45, 2.75) is 11.5 Å². The van der Waals surface area contributed by atoms with Gasteiger partial charge >= 0.3 is 0 Å². The summed E-state index contributed by atoms with van der Waals surface area (Å²) in [4.78, 5) is 19.4. The number of benzene rings is 3. The van der Waals surface area contributed by atoms with E-state index in [2.05, 4.69) is 5.16 Å². The molecule has 0 saturated heterocycles. The fourth-order valence-electron chi connectivity index (χ4n) is 3.90. The number of fused-ring (bicyclic) bond motifs is 1. The first-order chi connectivity index (χ1) is 13.3. The maximum Gasteiger partial charge on any atom is 0.245 e. The van der Waals surface area contributed by atoms with Crippen molar-refractivity contribution in [1.82, 2.24) is 0 Å². The van der Waals surface area contributed by atoms with Gasteiger partial charge in [-0.15, -0.1) is 0 Å². The van der Waals surface area contributed by atoms with Gasteiger partial charge < -0.3 is 9.57 Å². The van der Waals surface area contributed by atoms with Crippen LogP contribution in [0.25, 0.3) is 0 Å². The van der Waals surface area contributed by atoms with E-state index < -0.39 is 5.60 Å². The van der Waals surface area contributed by atoms with E-state index >= 15 is 0 Å². The summed E-state index contributed by atoms with van der Waals surface area (Å²) in [6.45, 7) is 0.127. The van der Waals surface area contributed by atoms with Gasteiger partial charge in [0.05, 0.1) is 17.2 Å². The summed E-state index contributed by atoms with van der Waals surface area (Å²) in [5.41, 5.74) is 2.01. The minimum absolute atomic E-state index is 0.0899. The normalized spacial score (nSPS) is 23.3. The Kier molecular flexibility index (Phi) is 3.57. The molecule has 0 saturated carbocycles. The molecule has 5 rings (SSSR count). The van der Waals surface area contributed by atoms with Gasteiger partial charge in [0, 0.05) is 5.56 Å². The van der Waals surface area contributed by atoms with E-state index in [9.17, 15) is 4.79 Å². The molecule has 3 aromatic rings. The highest BCUT2D eigenvalue weighted by Crippen LogP contribution is 2.46. The van der Waals surface area contributed by atoms with Gasteiger partial charge in [-0.25, -0.2) is 0 Å². The minimum atomic E-state index is -1.19. The second-order valence-electron chi connectivity index (χ2n) is 6.78. The molecule has 4 nitrogen and oxygen atoms in total. The van der Waals surface area contributed by atoms with E-state index in [0.29, 0.717) is 11.3 Å². The zero-order valence-electron chi connectivity index (χ0n) is 14.5. The molecule has 4 heteroatoms. The lowest BCUT2D eigenvalue weighted by atomic mass is 9.73. The number of hydrogen-bond donors (Lipinski definition) is 0. The Hall–Kier alpha value is -3.40. The topological polar surface area (TPSA) is 47.9 Å². The van der Waals surface area contributed by atoms with E-state index in [0.717, 1.165) is 16.8 Å². The number of carbonyl (C=O) groups is 1. The van der Waals surface area contributed by atoms with Crippen LogP contribution in [0.3, 0.4) is 0 Å². The van der Waals surface area contributed by atoms with Crippen LogP contribution in [0.1, 0.15) is 27.4 Å². The number of rotatable bonds is 2. The van der Waals surface area contributed by atoms with Gasteiger partial charge in [0.1, 0.15) is 12.4 Å². The third kappa shape index (κ3) is 2.37. The summed E-state index contributed by atoms with van der Waals surface area (Å²) >= 11 is 0. The Morgan fingerprint density at radius 1 is 0.852 bits per heavy atom. The fourth-order valence-corrected chi connectivity index (χ4v) is 3.90. The van der Waals surface area contributed by atoms with Crippen molar-refractivity contribution < 1.29 is 14.4 Å². The molecule has 0 N–H and O–H groups in total. The lowest BCUT2D eigenvalue weighted by Gasteiger charge is -2.35. The van der Waals surface area contributed by atoms with Gasteiger partial charge in [-0.05, 0) is 17.7 Å². The number of hydrogen-bond acceptors (Lipinski definition) is 4. The molecule has 2 unspecified atom stereocenters. The Labute approximate surface area is 157 Å². The third-order valence-corrected chi connectivity index (χ3v) is 5.21. The van der Waals surface area contributed by atoms with Crippen LogP contribution >= 0.6 is 0 Å². The molecule has 27 heavy (non-hydrogen) atoms. The maximum atomic E-state index is 13.5. The monoisotopic (exact) mass is 355 g/mol. The molecule has 2 atom stereocenters. The minimum Gasteiger partial charge on any atom is -0.488 e. The zero-order chi connectivity index (χ0) is 18.3. The van der Waals surface area contributed by atoms with Gasteiger partial charge in [0.2, 0.25) is 11.4 Å². The molecule has 0 aliphatic carbocycles. The summed E-state index contributed by atoms with van der Waals surface area (Å²) < 4.78 is 5.95. The average Bonchev–Trinajstić information content (AvgIpc) is 3.13. The second kappa shape index (κ2) is 6.09. The average molecular weight is 355 g/mol. The van der Waals surface area contributed by atoms with E-state index in [1.807, 2.05) is 78.9 Å². The molecular weight excluding hydrogens is 338 g/mol. The smallest absolute Gasteiger partial charge is 0.245 e. The van der Waals surface area contributed by atoms with Crippen molar-refractivity contribution in [3.63, 3.8) is 0 Å². The number of ether oxygens (including phenoxy) is 1. The van der Waals surface area contributed by atoms with Crippen LogP contribution in [-0.4, -0.2) is 23.7 Å². The first-order valence-corrected chi connectivity index (χ1v) is 8.93. The number of nitrogens with zero attached hydrogens (tertiary/aromatic N) is 1. The quantitative estimate of drug-likeness (QED) is 0.691. The van der Waals surface area contributed by atoms with Crippen molar-refractivity contribution in [2.24, 2.45) is 5.16 Å². The standard InChI is InChI=1S/C23H17NO3/c25-22-18-13-7-8-14-19(18)26-15-23(22)20(16-9-3-1-4-10-16)21(24-27-23)17-11-5-2-6-12-17/h1-14,20H,15H2. The van der Waals surface area contributed by atoms with Crippen molar-refractivity contribution >= 4 is 11.5 Å². The first kappa shape index (κ1) is 15.8. The molecule has 0 fully saturated rings. The van der Waals surface area contributed by atoms with E-state index in [-0.39, 0.29) is 18.3 Å².